The molecule has 1 aromatic rings. The fraction of sp³-hybridized carbons (Fsp3) is 0.833. The van der Waals surface area contributed by atoms with Crippen LogP contribution < -0.4 is 0 Å². The Labute approximate surface area is 106 Å². The molecule has 0 bridgehead atoms. The van der Waals surface area contributed by atoms with Crippen molar-refractivity contribution < 1.29 is 0 Å². The van der Waals surface area contributed by atoms with Crippen molar-refractivity contribution in [2.45, 2.75) is 63.2 Å². The predicted molar refractivity (Wildman–Crippen MR) is 68.8 cm³/mol. The normalized spacial score (nSPS) is 18.6. The average molecular weight is 286 g/mol. The standard InChI is InChI=1S/C12H20BrN3/c1-2-16-11(9-13)14-15-12(16)10-7-5-3-4-6-8-10/h10H,2-9H2,1H3. The van der Waals surface area contributed by atoms with Crippen molar-refractivity contribution in [3.05, 3.63) is 11.6 Å². The van der Waals surface area contributed by atoms with Crippen molar-refractivity contribution in [2.24, 2.45) is 0 Å². The first-order valence-corrected chi connectivity index (χ1v) is 7.47. The van der Waals surface area contributed by atoms with Gasteiger partial charge in [0.1, 0.15) is 11.6 Å². The molecular weight excluding hydrogens is 266 g/mol. The lowest BCUT2D eigenvalue weighted by Gasteiger charge is -2.14. The van der Waals surface area contributed by atoms with Gasteiger partial charge in [0.2, 0.25) is 0 Å². The Morgan fingerprint density at radius 2 is 1.88 bits per heavy atom. The molecule has 0 unspecified atom stereocenters. The van der Waals surface area contributed by atoms with Crippen molar-refractivity contribution in [1.29, 1.82) is 0 Å². The summed E-state index contributed by atoms with van der Waals surface area (Å²) in [6.07, 6.45) is 8.07. The summed E-state index contributed by atoms with van der Waals surface area (Å²) in [7, 11) is 0. The van der Waals surface area contributed by atoms with Gasteiger partial charge in [0.25, 0.3) is 0 Å². The van der Waals surface area contributed by atoms with Crippen LogP contribution in [0.5, 0.6) is 0 Å². The first-order chi connectivity index (χ1) is 7.86. The molecule has 0 aliphatic heterocycles. The van der Waals surface area contributed by atoms with Gasteiger partial charge < -0.3 is 4.57 Å². The third kappa shape index (κ3) is 2.47. The molecule has 1 aromatic heterocycles. The van der Waals surface area contributed by atoms with Crippen LogP contribution in [0.4, 0.5) is 0 Å². The molecule has 1 aliphatic carbocycles. The molecule has 0 saturated heterocycles. The lowest BCUT2D eigenvalue weighted by Crippen LogP contribution is -2.09. The highest BCUT2D eigenvalue weighted by molar-refractivity contribution is 9.08. The first kappa shape index (κ1) is 12.1. The van der Waals surface area contributed by atoms with Crippen LogP contribution in [0.15, 0.2) is 0 Å². The van der Waals surface area contributed by atoms with Crippen LogP contribution in [0, 0.1) is 0 Å². The minimum absolute atomic E-state index is 0.641. The number of aromatic nitrogens is 3. The molecule has 0 radical (unpaired) electrons. The van der Waals surface area contributed by atoms with E-state index in [4.69, 9.17) is 0 Å². The van der Waals surface area contributed by atoms with Crippen LogP contribution in [-0.4, -0.2) is 14.8 Å². The molecule has 0 N–H and O–H groups in total. The molecule has 3 nitrogen and oxygen atoms in total. The Kier molecular flexibility index (Phi) is 4.38. The molecule has 0 amide bonds. The summed E-state index contributed by atoms with van der Waals surface area (Å²) in [6, 6.07) is 0. The maximum atomic E-state index is 4.41. The van der Waals surface area contributed by atoms with E-state index in [2.05, 4.69) is 37.6 Å². The molecule has 90 valence electrons. The highest BCUT2D eigenvalue weighted by Crippen LogP contribution is 2.31. The third-order valence-electron chi connectivity index (χ3n) is 3.51. The van der Waals surface area contributed by atoms with Crippen molar-refractivity contribution in [2.75, 3.05) is 0 Å². The highest BCUT2D eigenvalue weighted by Gasteiger charge is 2.21. The monoisotopic (exact) mass is 285 g/mol. The second kappa shape index (κ2) is 5.80. The third-order valence-corrected chi connectivity index (χ3v) is 4.01. The molecule has 1 saturated carbocycles. The number of alkyl halides is 1. The van der Waals surface area contributed by atoms with E-state index in [1.807, 2.05) is 0 Å². The summed E-state index contributed by atoms with van der Waals surface area (Å²) >= 11 is 3.48. The van der Waals surface area contributed by atoms with Crippen molar-refractivity contribution in [3.8, 4) is 0 Å². The first-order valence-electron chi connectivity index (χ1n) is 6.34. The van der Waals surface area contributed by atoms with E-state index in [1.165, 1.54) is 44.3 Å². The summed E-state index contributed by atoms with van der Waals surface area (Å²) in [5.74, 6) is 2.93. The van der Waals surface area contributed by atoms with Gasteiger partial charge >= 0.3 is 0 Å². The fourth-order valence-corrected chi connectivity index (χ4v) is 3.05. The van der Waals surface area contributed by atoms with E-state index < -0.39 is 0 Å². The van der Waals surface area contributed by atoms with Crippen LogP contribution in [0.3, 0.4) is 0 Å². The quantitative estimate of drug-likeness (QED) is 0.627. The number of rotatable bonds is 3. The van der Waals surface area contributed by atoms with Crippen LogP contribution in [-0.2, 0) is 11.9 Å². The lowest BCUT2D eigenvalue weighted by atomic mass is 9.99. The van der Waals surface area contributed by atoms with Crippen LogP contribution in [0.2, 0.25) is 0 Å². The van der Waals surface area contributed by atoms with E-state index in [0.717, 1.165) is 17.7 Å². The highest BCUT2D eigenvalue weighted by atomic mass is 79.9. The summed E-state index contributed by atoms with van der Waals surface area (Å²) in [6.45, 7) is 3.16. The summed E-state index contributed by atoms with van der Waals surface area (Å²) in [4.78, 5) is 0. The Hall–Kier alpha value is -0.380. The van der Waals surface area contributed by atoms with Gasteiger partial charge in [-0.1, -0.05) is 41.6 Å². The molecule has 0 aromatic carbocycles. The minimum Gasteiger partial charge on any atom is -0.314 e. The summed E-state index contributed by atoms with van der Waals surface area (Å²) in [5.41, 5.74) is 0. The molecule has 1 aliphatic rings. The molecular formula is C12H20BrN3. The molecule has 16 heavy (non-hydrogen) atoms. The van der Waals surface area contributed by atoms with Crippen molar-refractivity contribution in [3.63, 3.8) is 0 Å². The lowest BCUT2D eigenvalue weighted by molar-refractivity contribution is 0.523. The van der Waals surface area contributed by atoms with Crippen LogP contribution in [0.25, 0.3) is 0 Å². The van der Waals surface area contributed by atoms with E-state index >= 15 is 0 Å². The molecule has 0 atom stereocenters. The Morgan fingerprint density at radius 1 is 1.19 bits per heavy atom. The summed E-state index contributed by atoms with van der Waals surface area (Å²) < 4.78 is 2.28. The number of nitrogens with zero attached hydrogens (tertiary/aromatic N) is 3. The Morgan fingerprint density at radius 3 is 2.44 bits per heavy atom. The van der Waals surface area contributed by atoms with Crippen LogP contribution >= 0.6 is 15.9 Å². The maximum absolute atomic E-state index is 4.41. The molecule has 4 heteroatoms. The van der Waals surface area contributed by atoms with Gasteiger partial charge in [-0.3, -0.25) is 0 Å². The molecule has 2 rings (SSSR count). The van der Waals surface area contributed by atoms with Crippen LogP contribution in [0.1, 0.15) is 63.0 Å². The largest absolute Gasteiger partial charge is 0.314 e. The van der Waals surface area contributed by atoms with Gasteiger partial charge in [-0.05, 0) is 19.8 Å². The van der Waals surface area contributed by atoms with Gasteiger partial charge in [-0.2, -0.15) is 0 Å². The molecule has 1 heterocycles. The predicted octanol–water partition coefficient (Wildman–Crippen LogP) is 3.63. The van der Waals surface area contributed by atoms with E-state index in [1.54, 1.807) is 0 Å². The Balaban J connectivity index is 2.20. The van der Waals surface area contributed by atoms with Gasteiger partial charge in [0.05, 0.1) is 5.33 Å². The van der Waals surface area contributed by atoms with Gasteiger partial charge in [-0.25, -0.2) is 0 Å². The second-order valence-electron chi connectivity index (χ2n) is 4.54. The van der Waals surface area contributed by atoms with E-state index in [9.17, 15) is 0 Å². The molecule has 1 fully saturated rings. The number of halogens is 1. The van der Waals surface area contributed by atoms with E-state index in [-0.39, 0.29) is 0 Å². The average Bonchev–Trinajstić information content (AvgIpc) is 2.54. The smallest absolute Gasteiger partial charge is 0.143 e. The molecule has 0 spiro atoms. The summed E-state index contributed by atoms with van der Waals surface area (Å²) in [5, 5.41) is 9.49. The van der Waals surface area contributed by atoms with Crippen molar-refractivity contribution in [1.82, 2.24) is 14.8 Å². The SMILES string of the molecule is CCn1c(CBr)nnc1C1CCCCCC1. The Bertz CT molecular complexity index is 327. The number of hydrogen-bond donors (Lipinski definition) is 0. The van der Waals surface area contributed by atoms with Gasteiger partial charge in [-0.15, -0.1) is 10.2 Å². The second-order valence-corrected chi connectivity index (χ2v) is 5.10. The number of hydrogen-bond acceptors (Lipinski definition) is 2. The zero-order valence-electron chi connectivity index (χ0n) is 9.95. The topological polar surface area (TPSA) is 30.7 Å². The van der Waals surface area contributed by atoms with Gasteiger partial charge in [0, 0.05) is 12.5 Å². The van der Waals surface area contributed by atoms with Gasteiger partial charge in [0.15, 0.2) is 0 Å². The maximum Gasteiger partial charge on any atom is 0.143 e. The zero-order valence-corrected chi connectivity index (χ0v) is 11.5. The van der Waals surface area contributed by atoms with Crippen molar-refractivity contribution >= 4 is 15.9 Å². The minimum atomic E-state index is 0.641. The zero-order chi connectivity index (χ0) is 11.4. The fourth-order valence-electron chi connectivity index (χ4n) is 2.63. The van der Waals surface area contributed by atoms with E-state index in [0.29, 0.717) is 5.92 Å².